The number of piperazine rings is 1. The maximum absolute atomic E-state index is 13.5. The summed E-state index contributed by atoms with van der Waals surface area (Å²) in [4.78, 5) is 17.5. The molecule has 1 saturated carbocycles. The Balaban J connectivity index is 1.56. The predicted octanol–water partition coefficient (Wildman–Crippen LogP) is 3.80. The van der Waals surface area contributed by atoms with Crippen LogP contribution in [0.15, 0.2) is 59.5 Å². The van der Waals surface area contributed by atoms with Crippen LogP contribution in [-0.2, 0) is 14.8 Å². The lowest BCUT2D eigenvalue weighted by atomic mass is 9.81. The number of nitrogens with zero attached hydrogens (tertiary/aromatic N) is 2. The van der Waals surface area contributed by atoms with Crippen molar-refractivity contribution in [2.75, 3.05) is 24.5 Å². The number of carbonyl (C=O) groups excluding carboxylic acids is 1. The highest BCUT2D eigenvalue weighted by Crippen LogP contribution is 2.36. The summed E-state index contributed by atoms with van der Waals surface area (Å²) in [6, 6.07) is 16.0. The summed E-state index contributed by atoms with van der Waals surface area (Å²) in [5.41, 5.74) is 1.71. The second-order valence-corrected chi connectivity index (χ2v) is 10.5. The van der Waals surface area contributed by atoms with Crippen molar-refractivity contribution in [2.24, 2.45) is 17.0 Å². The maximum atomic E-state index is 13.5. The molecule has 1 aliphatic carbocycles. The molecule has 0 aromatic heterocycles. The number of halogens is 2. The first-order valence-corrected chi connectivity index (χ1v) is 12.8. The van der Waals surface area contributed by atoms with Gasteiger partial charge in [-0.15, -0.1) is 0 Å². The van der Waals surface area contributed by atoms with Gasteiger partial charge in [-0.1, -0.05) is 36.4 Å². The van der Waals surface area contributed by atoms with E-state index in [1.165, 1.54) is 6.07 Å². The van der Waals surface area contributed by atoms with Crippen molar-refractivity contribution in [3.63, 3.8) is 0 Å². The molecule has 0 spiro atoms. The van der Waals surface area contributed by atoms with Crippen LogP contribution in [0, 0.1) is 11.8 Å². The number of rotatable bonds is 5. The van der Waals surface area contributed by atoms with Crippen LogP contribution in [0.2, 0.25) is 0 Å². The van der Waals surface area contributed by atoms with Crippen LogP contribution in [0.5, 0.6) is 0 Å². The maximum Gasteiger partial charge on any atom is 0.241 e. The van der Waals surface area contributed by atoms with Crippen LogP contribution < -0.4 is 10.0 Å². The van der Waals surface area contributed by atoms with Gasteiger partial charge in [-0.05, 0) is 49.4 Å². The van der Waals surface area contributed by atoms with Crippen LogP contribution >= 0.6 is 0 Å². The van der Waals surface area contributed by atoms with E-state index >= 15 is 0 Å². The van der Waals surface area contributed by atoms with Gasteiger partial charge >= 0.3 is 0 Å². The van der Waals surface area contributed by atoms with Gasteiger partial charge in [-0.3, -0.25) is 4.79 Å². The Morgan fingerprint density at radius 3 is 2.30 bits per heavy atom. The lowest BCUT2D eigenvalue weighted by Crippen LogP contribution is -2.52. The topological polar surface area (TPSA) is 83.7 Å². The molecule has 1 heterocycles. The van der Waals surface area contributed by atoms with Gasteiger partial charge in [0.05, 0.1) is 10.9 Å². The fourth-order valence-corrected chi connectivity index (χ4v) is 5.50. The first kappa shape index (κ1) is 23.6. The minimum absolute atomic E-state index is 0.0227. The lowest BCUT2D eigenvalue weighted by molar-refractivity contribution is -0.140. The third-order valence-corrected chi connectivity index (χ3v) is 7.75. The smallest absolute Gasteiger partial charge is 0.241 e. The molecule has 6 nitrogen and oxygen atoms in total. The largest absolute Gasteiger partial charge is 0.367 e. The number of sulfonamides is 1. The van der Waals surface area contributed by atoms with Crippen LogP contribution in [-0.4, -0.2) is 45.3 Å². The van der Waals surface area contributed by atoms with E-state index in [2.05, 4.69) is 4.90 Å². The van der Waals surface area contributed by atoms with Crippen LogP contribution in [0.3, 0.4) is 0 Å². The average Bonchev–Trinajstić information content (AvgIpc) is 2.83. The van der Waals surface area contributed by atoms with Crippen molar-refractivity contribution in [3.05, 3.63) is 60.2 Å². The summed E-state index contributed by atoms with van der Waals surface area (Å²) in [5.74, 6) is -0.820. The molecule has 1 aliphatic heterocycles. The number of alkyl halides is 2. The molecule has 4 rings (SSSR count). The Labute approximate surface area is 193 Å². The van der Waals surface area contributed by atoms with E-state index < -0.39 is 22.4 Å². The van der Waals surface area contributed by atoms with E-state index in [-0.39, 0.29) is 22.8 Å². The summed E-state index contributed by atoms with van der Waals surface area (Å²) in [6.45, 7) is 1.50. The highest BCUT2D eigenvalue weighted by molar-refractivity contribution is 7.89. The molecule has 2 N–H and O–H groups in total. The second-order valence-electron chi connectivity index (χ2n) is 8.89. The molecule has 9 heteroatoms. The van der Waals surface area contributed by atoms with Crippen LogP contribution in [0.25, 0.3) is 0 Å². The molecule has 1 saturated heterocycles. The van der Waals surface area contributed by atoms with Crippen molar-refractivity contribution in [2.45, 2.75) is 43.0 Å². The summed E-state index contributed by atoms with van der Waals surface area (Å²) in [6.07, 6.45) is -0.582. The standard InChI is InChI=1S/C24H29F2N3O3S/c25-23(26)18-9-11-19(12-10-18)24(30)29-14-13-28(16-22(29)17-5-2-1-3-6-17)20-7-4-8-21(15-20)33(27,31)32/h1-8,15,18-19,22-23H,9-14,16H2,(H2,27,31,32)/t18?,19?,22-/m0/s1. The van der Waals surface area contributed by atoms with E-state index in [4.69, 9.17) is 5.14 Å². The van der Waals surface area contributed by atoms with Crippen molar-refractivity contribution in [3.8, 4) is 0 Å². The van der Waals surface area contributed by atoms with E-state index in [9.17, 15) is 22.0 Å². The first-order chi connectivity index (χ1) is 15.7. The van der Waals surface area contributed by atoms with Gasteiger partial charge in [0.2, 0.25) is 22.4 Å². The lowest BCUT2D eigenvalue weighted by Gasteiger charge is -2.44. The van der Waals surface area contributed by atoms with Crippen LogP contribution in [0.1, 0.15) is 37.3 Å². The minimum Gasteiger partial charge on any atom is -0.367 e. The molecule has 0 unspecified atom stereocenters. The second kappa shape index (κ2) is 9.77. The molecule has 1 amide bonds. The zero-order valence-electron chi connectivity index (χ0n) is 18.3. The monoisotopic (exact) mass is 477 g/mol. The highest BCUT2D eigenvalue weighted by atomic mass is 32.2. The summed E-state index contributed by atoms with van der Waals surface area (Å²) in [7, 11) is -3.82. The number of carbonyl (C=O) groups is 1. The molecule has 2 aliphatic rings. The molecule has 2 fully saturated rings. The number of nitrogens with two attached hydrogens (primary N) is 1. The zero-order valence-corrected chi connectivity index (χ0v) is 19.1. The molecule has 178 valence electrons. The number of hydrogen-bond acceptors (Lipinski definition) is 4. The van der Waals surface area contributed by atoms with E-state index in [0.717, 1.165) is 11.3 Å². The van der Waals surface area contributed by atoms with Gasteiger partial charge in [0.25, 0.3) is 0 Å². The van der Waals surface area contributed by atoms with E-state index in [1.807, 2.05) is 41.3 Å². The Bertz CT molecular complexity index is 1070. The van der Waals surface area contributed by atoms with E-state index in [0.29, 0.717) is 45.3 Å². The summed E-state index contributed by atoms with van der Waals surface area (Å²) >= 11 is 0. The van der Waals surface area contributed by atoms with Crippen LogP contribution in [0.4, 0.5) is 14.5 Å². The molecule has 2 aromatic rings. The van der Waals surface area contributed by atoms with Gasteiger partial charge < -0.3 is 9.80 Å². The first-order valence-electron chi connectivity index (χ1n) is 11.3. The Morgan fingerprint density at radius 2 is 1.67 bits per heavy atom. The number of primary sulfonamides is 1. The number of anilines is 1. The quantitative estimate of drug-likeness (QED) is 0.710. The Morgan fingerprint density at radius 1 is 0.970 bits per heavy atom. The minimum atomic E-state index is -3.82. The molecule has 33 heavy (non-hydrogen) atoms. The zero-order chi connectivity index (χ0) is 23.6. The fourth-order valence-electron chi connectivity index (χ4n) is 4.95. The normalized spacial score (nSPS) is 24.2. The van der Waals surface area contributed by atoms with Gasteiger partial charge in [-0.25, -0.2) is 22.3 Å². The van der Waals surface area contributed by atoms with E-state index in [1.54, 1.807) is 12.1 Å². The van der Waals surface area contributed by atoms with Gasteiger partial charge in [0.1, 0.15) is 0 Å². The molecule has 2 aromatic carbocycles. The Kier molecular flexibility index (Phi) is 6.99. The predicted molar refractivity (Wildman–Crippen MR) is 122 cm³/mol. The SMILES string of the molecule is NS(=O)(=O)c1cccc(N2CCN(C(=O)C3CCC(C(F)F)CC3)[C@H](c3ccccc3)C2)c1. The van der Waals surface area contributed by atoms with Crippen molar-refractivity contribution in [1.29, 1.82) is 0 Å². The third-order valence-electron chi connectivity index (χ3n) is 6.84. The molecule has 0 radical (unpaired) electrons. The number of hydrogen-bond donors (Lipinski definition) is 1. The highest BCUT2D eigenvalue weighted by Gasteiger charge is 2.38. The summed E-state index contributed by atoms with van der Waals surface area (Å²) in [5, 5.41) is 5.30. The van der Waals surface area contributed by atoms with Gasteiger partial charge in [0.15, 0.2) is 0 Å². The fraction of sp³-hybridized carbons (Fsp3) is 0.458. The number of benzene rings is 2. The molecule has 0 bridgehead atoms. The van der Waals surface area contributed by atoms with Crippen molar-refractivity contribution < 1.29 is 22.0 Å². The van der Waals surface area contributed by atoms with Crippen molar-refractivity contribution in [1.82, 2.24) is 4.90 Å². The Hall–Kier alpha value is -2.52. The average molecular weight is 478 g/mol. The van der Waals surface area contributed by atoms with Gasteiger partial charge in [0, 0.05) is 37.2 Å². The molecular formula is C24H29F2N3O3S. The van der Waals surface area contributed by atoms with Crippen molar-refractivity contribution >= 4 is 21.6 Å². The summed E-state index contributed by atoms with van der Waals surface area (Å²) < 4.78 is 49.7. The molecular weight excluding hydrogens is 448 g/mol. The van der Waals surface area contributed by atoms with Gasteiger partial charge in [-0.2, -0.15) is 0 Å². The molecule has 1 atom stereocenters. The third kappa shape index (κ3) is 5.35. The number of amides is 1.